The van der Waals surface area contributed by atoms with E-state index in [-0.39, 0.29) is 18.4 Å². The number of nitrogens with zero attached hydrogens (tertiary/aromatic N) is 2. The number of carbonyl (C=O) groups excluding carboxylic acids is 2. The number of fused-ring (bicyclic) bond motifs is 1. The molecule has 0 aromatic heterocycles. The van der Waals surface area contributed by atoms with Crippen LogP contribution in [0.15, 0.2) is 78.5 Å². The van der Waals surface area contributed by atoms with Gasteiger partial charge in [0.25, 0.3) is 11.8 Å². The smallest absolute Gasteiger partial charge is 0.278 e. The van der Waals surface area contributed by atoms with Gasteiger partial charge in [0.15, 0.2) is 0 Å². The maximum atomic E-state index is 13.7. The molecule has 0 spiro atoms. The van der Waals surface area contributed by atoms with E-state index in [1.165, 1.54) is 16.0 Å². The van der Waals surface area contributed by atoms with Gasteiger partial charge < -0.3 is 9.64 Å². The molecule has 0 saturated carbocycles. The second kappa shape index (κ2) is 8.75. The molecule has 0 bridgehead atoms. The van der Waals surface area contributed by atoms with Crippen molar-refractivity contribution in [2.24, 2.45) is 0 Å². The maximum Gasteiger partial charge on any atom is 0.278 e. The lowest BCUT2D eigenvalue weighted by Crippen LogP contribution is -2.37. The van der Waals surface area contributed by atoms with Crippen LogP contribution in [0.4, 0.5) is 0 Å². The minimum absolute atomic E-state index is 0.130. The predicted molar refractivity (Wildman–Crippen MR) is 127 cm³/mol. The van der Waals surface area contributed by atoms with Crippen LogP contribution in [0.2, 0.25) is 5.02 Å². The van der Waals surface area contributed by atoms with Gasteiger partial charge in [0.2, 0.25) is 0 Å². The van der Waals surface area contributed by atoms with Gasteiger partial charge in [-0.05, 0) is 46.9 Å². The van der Waals surface area contributed by atoms with Crippen molar-refractivity contribution in [3.8, 4) is 5.75 Å². The average molecular weight is 459 g/mol. The Morgan fingerprint density at radius 1 is 0.879 bits per heavy atom. The molecule has 0 unspecified atom stereocenters. The van der Waals surface area contributed by atoms with Gasteiger partial charge in [0, 0.05) is 18.1 Å². The predicted octanol–water partition coefficient (Wildman–Crippen LogP) is 4.69. The van der Waals surface area contributed by atoms with Crippen LogP contribution in [0, 0.1) is 0 Å². The fraction of sp³-hybridized carbons (Fsp3) is 0.185. The minimum Gasteiger partial charge on any atom is -0.497 e. The van der Waals surface area contributed by atoms with Crippen molar-refractivity contribution >= 4 is 29.0 Å². The normalized spacial score (nSPS) is 15.8. The molecule has 0 aliphatic carbocycles. The lowest BCUT2D eigenvalue weighted by Gasteiger charge is -2.31. The standard InChI is InChI=1S/C27H23ClN2O3/c1-33-22-12-10-19(11-13-22)24-25(29-15-14-18-6-2-3-7-20(18)16-29)27(32)30(26(24)31)17-21-8-4-5-9-23(21)28/h2-13H,14-17H2,1H3. The van der Waals surface area contributed by atoms with E-state index in [9.17, 15) is 9.59 Å². The fourth-order valence-corrected chi connectivity index (χ4v) is 4.70. The summed E-state index contributed by atoms with van der Waals surface area (Å²) in [6.07, 6.45) is 0.821. The molecule has 0 N–H and O–H groups in total. The van der Waals surface area contributed by atoms with Crippen molar-refractivity contribution in [1.82, 2.24) is 9.80 Å². The van der Waals surface area contributed by atoms with Crippen molar-refractivity contribution in [2.45, 2.75) is 19.5 Å². The number of rotatable bonds is 5. The zero-order chi connectivity index (χ0) is 22.9. The van der Waals surface area contributed by atoms with E-state index >= 15 is 0 Å². The molecule has 0 saturated heterocycles. The molecule has 5 rings (SSSR count). The first-order valence-corrected chi connectivity index (χ1v) is 11.2. The summed E-state index contributed by atoms with van der Waals surface area (Å²) in [5, 5.41) is 0.532. The topological polar surface area (TPSA) is 49.9 Å². The summed E-state index contributed by atoms with van der Waals surface area (Å²) in [6.45, 7) is 1.39. The van der Waals surface area contributed by atoms with E-state index in [0.717, 1.165) is 12.0 Å². The average Bonchev–Trinajstić information content (AvgIpc) is 3.10. The van der Waals surface area contributed by atoms with E-state index in [4.69, 9.17) is 16.3 Å². The summed E-state index contributed by atoms with van der Waals surface area (Å²) < 4.78 is 5.27. The highest BCUT2D eigenvalue weighted by Crippen LogP contribution is 2.36. The Balaban J connectivity index is 1.56. The second-order valence-corrected chi connectivity index (χ2v) is 8.59. The lowest BCUT2D eigenvalue weighted by molar-refractivity contribution is -0.138. The van der Waals surface area contributed by atoms with E-state index in [1.807, 2.05) is 47.4 Å². The van der Waals surface area contributed by atoms with Crippen LogP contribution < -0.4 is 4.74 Å². The van der Waals surface area contributed by atoms with Crippen LogP contribution in [0.5, 0.6) is 5.75 Å². The van der Waals surface area contributed by atoms with Crippen LogP contribution in [0.25, 0.3) is 5.57 Å². The Kier molecular flexibility index (Phi) is 5.65. The summed E-state index contributed by atoms with van der Waals surface area (Å²) in [7, 11) is 1.60. The molecule has 2 amide bonds. The summed E-state index contributed by atoms with van der Waals surface area (Å²) in [6, 6.07) is 22.8. The third kappa shape index (κ3) is 3.89. The highest BCUT2D eigenvalue weighted by atomic mass is 35.5. The van der Waals surface area contributed by atoms with E-state index < -0.39 is 0 Å². The number of halogens is 1. The van der Waals surface area contributed by atoms with Crippen LogP contribution in [-0.4, -0.2) is 35.3 Å². The number of methoxy groups -OCH3 is 1. The Hall–Kier alpha value is -3.57. The molecule has 2 aliphatic rings. The van der Waals surface area contributed by atoms with Crippen LogP contribution in [0.1, 0.15) is 22.3 Å². The molecule has 2 aliphatic heterocycles. The van der Waals surface area contributed by atoms with E-state index in [0.29, 0.717) is 40.7 Å². The highest BCUT2D eigenvalue weighted by molar-refractivity contribution is 6.35. The van der Waals surface area contributed by atoms with Gasteiger partial charge in [-0.3, -0.25) is 14.5 Å². The van der Waals surface area contributed by atoms with Crippen molar-refractivity contribution in [1.29, 1.82) is 0 Å². The van der Waals surface area contributed by atoms with Crippen molar-refractivity contribution in [3.63, 3.8) is 0 Å². The highest BCUT2D eigenvalue weighted by Gasteiger charge is 2.42. The molecular weight excluding hydrogens is 436 g/mol. The van der Waals surface area contributed by atoms with Gasteiger partial charge in [-0.15, -0.1) is 0 Å². The maximum absolute atomic E-state index is 13.7. The quantitative estimate of drug-likeness (QED) is 0.520. The fourth-order valence-electron chi connectivity index (χ4n) is 4.50. The lowest BCUT2D eigenvalue weighted by atomic mass is 9.98. The molecule has 166 valence electrons. The van der Waals surface area contributed by atoms with Gasteiger partial charge in [-0.1, -0.05) is 66.2 Å². The molecular formula is C27H23ClN2O3. The molecule has 0 fully saturated rings. The largest absolute Gasteiger partial charge is 0.497 e. The number of imide groups is 1. The number of benzene rings is 3. The molecule has 33 heavy (non-hydrogen) atoms. The molecule has 3 aromatic carbocycles. The first-order valence-electron chi connectivity index (χ1n) is 10.9. The van der Waals surface area contributed by atoms with E-state index in [1.54, 1.807) is 25.3 Å². The van der Waals surface area contributed by atoms with Gasteiger partial charge >= 0.3 is 0 Å². The minimum atomic E-state index is -0.307. The summed E-state index contributed by atoms with van der Waals surface area (Å²) in [5.41, 5.74) is 4.77. The molecule has 2 heterocycles. The van der Waals surface area contributed by atoms with E-state index in [2.05, 4.69) is 12.1 Å². The number of ether oxygens (including phenoxy) is 1. The van der Waals surface area contributed by atoms with Crippen molar-refractivity contribution in [3.05, 3.63) is 106 Å². The number of hydrogen-bond acceptors (Lipinski definition) is 4. The van der Waals surface area contributed by atoms with Gasteiger partial charge in [-0.2, -0.15) is 0 Å². The molecule has 3 aromatic rings. The second-order valence-electron chi connectivity index (χ2n) is 8.18. The zero-order valence-electron chi connectivity index (χ0n) is 18.3. The Morgan fingerprint density at radius 2 is 1.58 bits per heavy atom. The number of hydrogen-bond donors (Lipinski definition) is 0. The van der Waals surface area contributed by atoms with Crippen LogP contribution in [-0.2, 0) is 29.1 Å². The zero-order valence-corrected chi connectivity index (χ0v) is 19.0. The first kappa shape index (κ1) is 21.3. The molecule has 6 heteroatoms. The Morgan fingerprint density at radius 3 is 2.30 bits per heavy atom. The summed E-state index contributed by atoms with van der Waals surface area (Å²) >= 11 is 6.34. The number of carbonyl (C=O) groups is 2. The number of amides is 2. The molecule has 0 radical (unpaired) electrons. The van der Waals surface area contributed by atoms with Gasteiger partial charge in [0.1, 0.15) is 11.4 Å². The Labute approximate surface area is 197 Å². The van der Waals surface area contributed by atoms with Gasteiger partial charge in [0.05, 0.1) is 19.2 Å². The third-order valence-electron chi connectivity index (χ3n) is 6.26. The summed E-state index contributed by atoms with van der Waals surface area (Å²) in [4.78, 5) is 30.7. The van der Waals surface area contributed by atoms with Crippen molar-refractivity contribution < 1.29 is 14.3 Å². The van der Waals surface area contributed by atoms with Crippen LogP contribution in [0.3, 0.4) is 0 Å². The molecule has 0 atom stereocenters. The third-order valence-corrected chi connectivity index (χ3v) is 6.62. The summed E-state index contributed by atoms with van der Waals surface area (Å²) in [5.74, 6) is 0.0987. The Bertz CT molecular complexity index is 1270. The van der Waals surface area contributed by atoms with Crippen LogP contribution >= 0.6 is 11.6 Å². The van der Waals surface area contributed by atoms with Crippen molar-refractivity contribution in [2.75, 3.05) is 13.7 Å². The molecule has 5 nitrogen and oxygen atoms in total. The SMILES string of the molecule is COc1ccc(C2=C(N3CCc4ccccc4C3)C(=O)N(Cc3ccccc3Cl)C2=O)cc1. The first-order chi connectivity index (χ1) is 16.1. The monoisotopic (exact) mass is 458 g/mol. The van der Waals surface area contributed by atoms with Gasteiger partial charge in [-0.25, -0.2) is 0 Å².